The molecule has 5 heteroatoms. The Balaban J connectivity index is 1.70. The highest BCUT2D eigenvalue weighted by Gasteiger charge is 2.20. The summed E-state index contributed by atoms with van der Waals surface area (Å²) in [5.41, 5.74) is 2.39. The van der Waals surface area contributed by atoms with Crippen LogP contribution in [0.5, 0.6) is 0 Å². The van der Waals surface area contributed by atoms with Crippen LogP contribution in [0, 0.1) is 0 Å². The molecule has 0 radical (unpaired) electrons. The highest BCUT2D eigenvalue weighted by Crippen LogP contribution is 2.27. The molecule has 1 N–H and O–H groups in total. The molecule has 1 aliphatic heterocycles. The van der Waals surface area contributed by atoms with Crippen LogP contribution < -0.4 is 10.2 Å². The number of hydrogen-bond donors (Lipinski definition) is 1. The standard InChI is InChI=1S/C13H17N3OS/c1-2-14-7-11-9-17-13(15-11)16-5-3-12-10(8-16)4-6-18-12/h4,6,9,14H,2-3,5,7-8H2,1H3. The first-order chi connectivity index (χ1) is 8.86. The molecule has 0 fully saturated rings. The average Bonchev–Trinajstić information content (AvgIpc) is 3.04. The van der Waals surface area contributed by atoms with Crippen LogP contribution in [-0.4, -0.2) is 18.1 Å². The first-order valence-corrected chi connectivity index (χ1v) is 7.20. The van der Waals surface area contributed by atoms with Gasteiger partial charge in [0.25, 0.3) is 6.01 Å². The maximum atomic E-state index is 5.57. The molecule has 4 nitrogen and oxygen atoms in total. The Labute approximate surface area is 111 Å². The molecule has 0 amide bonds. The van der Waals surface area contributed by atoms with Gasteiger partial charge in [0, 0.05) is 24.5 Å². The molecule has 0 saturated carbocycles. The van der Waals surface area contributed by atoms with E-state index in [2.05, 4.69) is 33.6 Å². The van der Waals surface area contributed by atoms with E-state index in [0.717, 1.165) is 44.3 Å². The summed E-state index contributed by atoms with van der Waals surface area (Å²) in [4.78, 5) is 8.25. The number of nitrogens with zero attached hydrogens (tertiary/aromatic N) is 2. The zero-order chi connectivity index (χ0) is 12.4. The third-order valence-electron chi connectivity index (χ3n) is 3.17. The first-order valence-electron chi connectivity index (χ1n) is 6.32. The molecule has 0 saturated heterocycles. The van der Waals surface area contributed by atoms with Gasteiger partial charge < -0.3 is 14.6 Å². The van der Waals surface area contributed by atoms with Crippen LogP contribution >= 0.6 is 11.3 Å². The number of thiophene rings is 1. The van der Waals surface area contributed by atoms with Crippen LogP contribution in [0.2, 0.25) is 0 Å². The predicted molar refractivity (Wildman–Crippen MR) is 73.0 cm³/mol. The Kier molecular flexibility index (Phi) is 3.34. The van der Waals surface area contributed by atoms with E-state index in [4.69, 9.17) is 4.42 Å². The number of nitrogens with one attached hydrogen (secondary N) is 1. The molecule has 3 heterocycles. The highest BCUT2D eigenvalue weighted by molar-refractivity contribution is 7.10. The largest absolute Gasteiger partial charge is 0.432 e. The second-order valence-corrected chi connectivity index (χ2v) is 5.44. The Hall–Kier alpha value is -1.33. The van der Waals surface area contributed by atoms with Crippen LogP contribution in [0.25, 0.3) is 0 Å². The van der Waals surface area contributed by atoms with E-state index in [1.807, 2.05) is 11.3 Å². The fraction of sp³-hybridized carbons (Fsp3) is 0.462. The summed E-state index contributed by atoms with van der Waals surface area (Å²) < 4.78 is 5.57. The van der Waals surface area contributed by atoms with Crippen molar-refractivity contribution in [1.82, 2.24) is 10.3 Å². The van der Waals surface area contributed by atoms with Crippen molar-refractivity contribution in [2.45, 2.75) is 26.4 Å². The quantitative estimate of drug-likeness (QED) is 0.919. The molecule has 0 bridgehead atoms. The van der Waals surface area contributed by atoms with Crippen LogP contribution in [-0.2, 0) is 19.5 Å². The van der Waals surface area contributed by atoms with Gasteiger partial charge >= 0.3 is 0 Å². The van der Waals surface area contributed by atoms with Crippen LogP contribution in [0.4, 0.5) is 6.01 Å². The molecule has 0 aromatic carbocycles. The molecule has 2 aromatic rings. The smallest absolute Gasteiger partial charge is 0.297 e. The van der Waals surface area contributed by atoms with Gasteiger partial charge in [-0.2, -0.15) is 4.98 Å². The lowest BCUT2D eigenvalue weighted by Gasteiger charge is -2.25. The summed E-state index contributed by atoms with van der Waals surface area (Å²) in [5.74, 6) is 0. The summed E-state index contributed by atoms with van der Waals surface area (Å²) in [7, 11) is 0. The summed E-state index contributed by atoms with van der Waals surface area (Å²) in [5, 5.41) is 5.42. The van der Waals surface area contributed by atoms with Crippen molar-refractivity contribution in [2.24, 2.45) is 0 Å². The second-order valence-electron chi connectivity index (χ2n) is 4.44. The monoisotopic (exact) mass is 263 g/mol. The average molecular weight is 263 g/mol. The van der Waals surface area contributed by atoms with E-state index in [9.17, 15) is 0 Å². The van der Waals surface area contributed by atoms with Gasteiger partial charge in [-0.1, -0.05) is 6.92 Å². The van der Waals surface area contributed by atoms with Crippen molar-refractivity contribution in [2.75, 3.05) is 18.0 Å². The minimum Gasteiger partial charge on any atom is -0.432 e. The minimum absolute atomic E-state index is 0.750. The van der Waals surface area contributed by atoms with E-state index in [1.54, 1.807) is 6.26 Å². The Bertz CT molecular complexity index is 520. The van der Waals surface area contributed by atoms with Gasteiger partial charge in [0.05, 0.1) is 5.69 Å². The number of anilines is 1. The summed E-state index contributed by atoms with van der Waals surface area (Å²) in [6, 6.07) is 2.95. The Morgan fingerprint density at radius 2 is 2.50 bits per heavy atom. The van der Waals surface area contributed by atoms with Crippen LogP contribution in [0.1, 0.15) is 23.1 Å². The van der Waals surface area contributed by atoms with Gasteiger partial charge in [0.2, 0.25) is 0 Å². The summed E-state index contributed by atoms with van der Waals surface area (Å²) in [6.45, 7) is 5.72. The third-order valence-corrected chi connectivity index (χ3v) is 4.20. The van der Waals surface area contributed by atoms with Crippen molar-refractivity contribution < 1.29 is 4.42 Å². The number of oxazole rings is 1. The van der Waals surface area contributed by atoms with Crippen molar-refractivity contribution in [3.05, 3.63) is 33.8 Å². The fourth-order valence-electron chi connectivity index (χ4n) is 2.19. The molecular formula is C13H17N3OS. The predicted octanol–water partition coefficient (Wildman–Crippen LogP) is 2.41. The van der Waals surface area contributed by atoms with Gasteiger partial charge in [-0.05, 0) is 30.0 Å². The molecule has 1 aliphatic rings. The van der Waals surface area contributed by atoms with E-state index in [1.165, 1.54) is 10.4 Å². The molecule has 2 aromatic heterocycles. The number of aromatic nitrogens is 1. The van der Waals surface area contributed by atoms with Crippen molar-refractivity contribution in [3.8, 4) is 0 Å². The first kappa shape index (κ1) is 11.7. The SMILES string of the molecule is CCNCc1coc(N2CCc3sccc3C2)n1. The Morgan fingerprint density at radius 1 is 1.56 bits per heavy atom. The van der Waals surface area contributed by atoms with Gasteiger partial charge in [-0.25, -0.2) is 0 Å². The molecule has 0 spiro atoms. The second kappa shape index (κ2) is 5.12. The lowest BCUT2D eigenvalue weighted by atomic mass is 10.1. The van der Waals surface area contributed by atoms with Crippen LogP contribution in [0.3, 0.4) is 0 Å². The molecule has 0 aliphatic carbocycles. The van der Waals surface area contributed by atoms with E-state index >= 15 is 0 Å². The maximum absolute atomic E-state index is 5.57. The van der Waals surface area contributed by atoms with Crippen molar-refractivity contribution in [3.63, 3.8) is 0 Å². The van der Waals surface area contributed by atoms with Crippen molar-refractivity contribution in [1.29, 1.82) is 0 Å². The molecule has 18 heavy (non-hydrogen) atoms. The number of rotatable bonds is 4. The van der Waals surface area contributed by atoms with Gasteiger partial charge in [-0.15, -0.1) is 11.3 Å². The van der Waals surface area contributed by atoms with Crippen molar-refractivity contribution >= 4 is 17.4 Å². The van der Waals surface area contributed by atoms with Crippen LogP contribution in [0.15, 0.2) is 22.1 Å². The maximum Gasteiger partial charge on any atom is 0.297 e. The van der Waals surface area contributed by atoms with E-state index < -0.39 is 0 Å². The van der Waals surface area contributed by atoms with E-state index in [-0.39, 0.29) is 0 Å². The zero-order valence-corrected chi connectivity index (χ0v) is 11.3. The summed E-state index contributed by atoms with van der Waals surface area (Å²) >= 11 is 1.85. The highest BCUT2D eigenvalue weighted by atomic mass is 32.1. The van der Waals surface area contributed by atoms with Gasteiger partial charge in [0.1, 0.15) is 6.26 Å². The summed E-state index contributed by atoms with van der Waals surface area (Å²) in [6.07, 6.45) is 2.85. The molecule has 0 atom stereocenters. The lowest BCUT2D eigenvalue weighted by Crippen LogP contribution is -2.29. The molecular weight excluding hydrogens is 246 g/mol. The number of fused-ring (bicyclic) bond motifs is 1. The molecule has 0 unspecified atom stereocenters. The fourth-order valence-corrected chi connectivity index (χ4v) is 3.08. The zero-order valence-electron chi connectivity index (χ0n) is 10.5. The molecule has 3 rings (SSSR count). The topological polar surface area (TPSA) is 41.3 Å². The van der Waals surface area contributed by atoms with Gasteiger partial charge in [-0.3, -0.25) is 0 Å². The van der Waals surface area contributed by atoms with Gasteiger partial charge in [0.15, 0.2) is 0 Å². The minimum atomic E-state index is 0.750. The van der Waals surface area contributed by atoms with E-state index in [0.29, 0.717) is 0 Å². The normalized spacial score (nSPS) is 14.8. The third kappa shape index (κ3) is 2.28. The molecule has 96 valence electrons. The Morgan fingerprint density at radius 3 is 3.39 bits per heavy atom. The number of hydrogen-bond acceptors (Lipinski definition) is 5. The lowest BCUT2D eigenvalue weighted by molar-refractivity contribution is 0.524.